The molecule has 8 heteroatoms. The fourth-order valence-corrected chi connectivity index (χ4v) is 3.25. The van der Waals surface area contributed by atoms with Gasteiger partial charge in [0.15, 0.2) is 0 Å². The van der Waals surface area contributed by atoms with E-state index in [2.05, 4.69) is 27.5 Å². The number of nitrogens with two attached hydrogens (primary N) is 1. The van der Waals surface area contributed by atoms with Gasteiger partial charge in [-0.05, 0) is 50.5 Å². The summed E-state index contributed by atoms with van der Waals surface area (Å²) >= 11 is 0. The average molecular weight is 428 g/mol. The number of nitrogens with one attached hydrogen (secondary N) is 2. The summed E-state index contributed by atoms with van der Waals surface area (Å²) in [5, 5.41) is 6.22. The van der Waals surface area contributed by atoms with Crippen molar-refractivity contribution in [1.29, 1.82) is 0 Å². The second-order valence-corrected chi connectivity index (χ2v) is 7.54. The third-order valence-corrected chi connectivity index (χ3v) is 4.95. The van der Waals surface area contributed by atoms with Gasteiger partial charge in [-0.2, -0.15) is 4.98 Å². The van der Waals surface area contributed by atoms with Crippen molar-refractivity contribution in [3.8, 4) is 5.75 Å². The number of aryl methyl sites for hydroxylation is 1. The van der Waals surface area contributed by atoms with Gasteiger partial charge in [0.25, 0.3) is 5.91 Å². The Kier molecular flexibility index (Phi) is 9.24. The molecule has 0 aliphatic rings. The number of aromatic nitrogens is 2. The second-order valence-electron chi connectivity index (χ2n) is 7.54. The number of nitrogens with zero attached hydrogens (tertiary/aromatic N) is 2. The van der Waals surface area contributed by atoms with E-state index in [4.69, 9.17) is 10.5 Å². The van der Waals surface area contributed by atoms with Crippen LogP contribution >= 0.6 is 0 Å². The van der Waals surface area contributed by atoms with Crippen molar-refractivity contribution in [2.75, 3.05) is 31.2 Å². The molecule has 0 saturated heterocycles. The zero-order valence-electron chi connectivity index (χ0n) is 18.9. The van der Waals surface area contributed by atoms with Crippen LogP contribution in [-0.2, 0) is 11.2 Å². The molecule has 1 heterocycles. The minimum absolute atomic E-state index is 0.116. The number of hydrogen-bond acceptors (Lipinski definition) is 7. The normalized spacial score (nSPS) is 10.6. The maximum atomic E-state index is 12.6. The number of ketones is 1. The Hall–Kier alpha value is -3.16. The largest absolute Gasteiger partial charge is 0.496 e. The van der Waals surface area contributed by atoms with Crippen LogP contribution in [0.5, 0.6) is 5.75 Å². The molecule has 0 atom stereocenters. The summed E-state index contributed by atoms with van der Waals surface area (Å²) < 4.78 is 5.52. The number of carbonyl (C=O) groups excluding carboxylic acids is 2. The monoisotopic (exact) mass is 427 g/mol. The van der Waals surface area contributed by atoms with E-state index < -0.39 is 0 Å². The number of unbranched alkanes of at least 4 members (excludes halogenated alkanes) is 1. The van der Waals surface area contributed by atoms with Gasteiger partial charge >= 0.3 is 0 Å². The van der Waals surface area contributed by atoms with E-state index in [0.717, 1.165) is 36.2 Å². The van der Waals surface area contributed by atoms with Crippen LogP contribution in [0.1, 0.15) is 66.7 Å². The lowest BCUT2D eigenvalue weighted by atomic mass is 10.0. The molecular formula is C23H33N5O3. The van der Waals surface area contributed by atoms with Crippen molar-refractivity contribution < 1.29 is 14.3 Å². The number of Topliss-reactive ketones (excluding diaryl/α,β-unsaturated/α-hetero) is 1. The highest BCUT2D eigenvalue weighted by molar-refractivity contribution is 5.94. The van der Waals surface area contributed by atoms with Gasteiger partial charge in [0.1, 0.15) is 17.4 Å². The highest BCUT2D eigenvalue weighted by Crippen LogP contribution is 2.27. The smallest absolute Gasteiger partial charge is 0.251 e. The van der Waals surface area contributed by atoms with Gasteiger partial charge in [-0.15, -0.1) is 0 Å². The number of anilines is 2. The Bertz CT molecular complexity index is 914. The van der Waals surface area contributed by atoms with Gasteiger partial charge in [-0.25, -0.2) is 4.98 Å². The molecule has 0 fully saturated rings. The minimum atomic E-state index is -0.181. The number of rotatable bonds is 12. The SMILES string of the molecule is CCCCNc1nc(N)nc(C)c1Cc1cc(C(=O)NCCCC(C)=O)ccc1OC. The summed E-state index contributed by atoms with van der Waals surface area (Å²) in [7, 11) is 1.60. The summed E-state index contributed by atoms with van der Waals surface area (Å²) in [5.41, 5.74) is 8.96. The van der Waals surface area contributed by atoms with Gasteiger partial charge < -0.3 is 25.9 Å². The van der Waals surface area contributed by atoms with Crippen LogP contribution in [0, 0.1) is 6.92 Å². The highest BCUT2D eigenvalue weighted by atomic mass is 16.5. The molecular weight excluding hydrogens is 394 g/mol. The van der Waals surface area contributed by atoms with Crippen molar-refractivity contribution in [2.24, 2.45) is 0 Å². The molecule has 2 aromatic rings. The van der Waals surface area contributed by atoms with Crippen LogP contribution in [0.15, 0.2) is 18.2 Å². The van der Waals surface area contributed by atoms with E-state index in [-0.39, 0.29) is 17.6 Å². The Morgan fingerprint density at radius 2 is 1.94 bits per heavy atom. The number of hydrogen-bond donors (Lipinski definition) is 3. The van der Waals surface area contributed by atoms with Crippen molar-refractivity contribution in [3.05, 3.63) is 40.6 Å². The predicted molar refractivity (Wildman–Crippen MR) is 123 cm³/mol. The van der Waals surface area contributed by atoms with Crippen molar-refractivity contribution >= 4 is 23.5 Å². The van der Waals surface area contributed by atoms with Crippen LogP contribution in [0.3, 0.4) is 0 Å². The molecule has 0 aliphatic heterocycles. The van der Waals surface area contributed by atoms with Gasteiger partial charge in [0, 0.05) is 42.8 Å². The molecule has 168 valence electrons. The summed E-state index contributed by atoms with van der Waals surface area (Å²) in [6.07, 6.45) is 3.66. The molecule has 0 unspecified atom stereocenters. The molecule has 4 N–H and O–H groups in total. The maximum absolute atomic E-state index is 12.6. The first-order valence-electron chi connectivity index (χ1n) is 10.7. The Balaban J connectivity index is 2.25. The van der Waals surface area contributed by atoms with Crippen LogP contribution in [0.4, 0.5) is 11.8 Å². The first-order valence-corrected chi connectivity index (χ1v) is 10.7. The molecule has 0 bridgehead atoms. The molecule has 2 rings (SSSR count). The summed E-state index contributed by atoms with van der Waals surface area (Å²) in [4.78, 5) is 32.3. The lowest BCUT2D eigenvalue weighted by molar-refractivity contribution is -0.117. The molecule has 1 aromatic heterocycles. The highest BCUT2D eigenvalue weighted by Gasteiger charge is 2.16. The van der Waals surface area contributed by atoms with Gasteiger partial charge in [0.2, 0.25) is 5.95 Å². The Labute approximate surface area is 184 Å². The zero-order valence-corrected chi connectivity index (χ0v) is 18.9. The number of benzene rings is 1. The number of amides is 1. The molecule has 1 amide bonds. The Morgan fingerprint density at radius 1 is 1.16 bits per heavy atom. The van der Waals surface area contributed by atoms with E-state index >= 15 is 0 Å². The molecule has 0 spiro atoms. The van der Waals surface area contributed by atoms with Crippen LogP contribution in [-0.4, -0.2) is 41.9 Å². The standard InChI is InChI=1S/C23H33N5O3/c1-5-6-11-25-21-19(16(3)27-23(24)28-21)14-18-13-17(9-10-20(18)31-4)22(30)26-12-7-8-15(2)29/h9-10,13H,5-8,11-12,14H2,1-4H3,(H,26,30)(H3,24,25,27,28). The third kappa shape index (κ3) is 7.24. The van der Waals surface area contributed by atoms with Crippen LogP contribution in [0.25, 0.3) is 0 Å². The molecule has 0 aliphatic carbocycles. The van der Waals surface area contributed by atoms with E-state index in [1.807, 2.05) is 13.0 Å². The molecule has 8 nitrogen and oxygen atoms in total. The second kappa shape index (κ2) is 11.9. The van der Waals surface area contributed by atoms with E-state index in [1.54, 1.807) is 26.2 Å². The molecule has 0 radical (unpaired) electrons. The predicted octanol–water partition coefficient (Wildman–Crippen LogP) is 3.28. The van der Waals surface area contributed by atoms with E-state index in [9.17, 15) is 9.59 Å². The van der Waals surface area contributed by atoms with Crippen LogP contribution in [0.2, 0.25) is 0 Å². The summed E-state index contributed by atoms with van der Waals surface area (Å²) in [6, 6.07) is 5.34. The summed E-state index contributed by atoms with van der Waals surface area (Å²) in [5.74, 6) is 1.55. The number of methoxy groups -OCH3 is 1. The van der Waals surface area contributed by atoms with E-state index in [1.165, 1.54) is 0 Å². The Morgan fingerprint density at radius 3 is 2.61 bits per heavy atom. The first kappa shape index (κ1) is 24.1. The average Bonchev–Trinajstić information content (AvgIpc) is 2.73. The topological polar surface area (TPSA) is 119 Å². The quantitative estimate of drug-likeness (QED) is 0.445. The molecule has 31 heavy (non-hydrogen) atoms. The van der Waals surface area contributed by atoms with E-state index in [0.29, 0.717) is 42.9 Å². The maximum Gasteiger partial charge on any atom is 0.251 e. The molecule has 1 aromatic carbocycles. The number of nitrogen functional groups attached to an aromatic ring is 1. The lowest BCUT2D eigenvalue weighted by Crippen LogP contribution is -2.25. The van der Waals surface area contributed by atoms with Crippen LogP contribution < -0.4 is 21.1 Å². The van der Waals surface area contributed by atoms with Crippen molar-refractivity contribution in [2.45, 2.75) is 52.9 Å². The van der Waals surface area contributed by atoms with Gasteiger partial charge in [-0.1, -0.05) is 13.3 Å². The first-order chi connectivity index (χ1) is 14.8. The zero-order chi connectivity index (χ0) is 22.8. The van der Waals surface area contributed by atoms with Crippen molar-refractivity contribution in [1.82, 2.24) is 15.3 Å². The van der Waals surface area contributed by atoms with Gasteiger partial charge in [0.05, 0.1) is 7.11 Å². The minimum Gasteiger partial charge on any atom is -0.496 e. The third-order valence-electron chi connectivity index (χ3n) is 4.95. The number of carbonyl (C=O) groups is 2. The fourth-order valence-electron chi connectivity index (χ4n) is 3.25. The lowest BCUT2D eigenvalue weighted by Gasteiger charge is -2.16. The summed E-state index contributed by atoms with van der Waals surface area (Å²) in [6.45, 7) is 6.82. The van der Waals surface area contributed by atoms with Crippen molar-refractivity contribution in [3.63, 3.8) is 0 Å². The molecule has 0 saturated carbocycles. The fraction of sp³-hybridized carbons (Fsp3) is 0.478. The van der Waals surface area contributed by atoms with Gasteiger partial charge in [-0.3, -0.25) is 4.79 Å². The number of ether oxygens (including phenoxy) is 1.